The Morgan fingerprint density at radius 3 is 1.05 bits per heavy atom. The van der Waals surface area contributed by atoms with Crippen LogP contribution in [0.4, 0.5) is 62.6 Å². The van der Waals surface area contributed by atoms with E-state index in [1.54, 1.807) is 99.2 Å². The van der Waals surface area contributed by atoms with Gasteiger partial charge in [0.1, 0.15) is 91.9 Å². The summed E-state index contributed by atoms with van der Waals surface area (Å²) in [5.74, 6) is 5.71. The SMILES string of the molecule is Cc1cc2cc(-c3cnn4c(N)c(Br)c(N5CCS(=O)(=O)CC5)nc34)cnc2cc1F.Nc1c(Br)c(N2CCS(=O)(=O)CC2)nc2c(-c3cnc4c(c3)CC=C4)cnn12.Nc1c(Br)c(N2CCS(=O)(=O)CC2)nc2c(-c3cnc4c(c3)CC=C4Br)cnn12.Nc1c(Br)c(N2CCS(=O)(=O)CC2)nc2c(-c3cnc4ncccc4c3)cnn12.Nc1c(Br)c(N2CCS(=O)(=O)CC2)nc2c(-c3cnc4nccnc4c3)cnn12. The summed E-state index contributed by atoms with van der Waals surface area (Å²) in [6.45, 7) is 5.40. The zero-order valence-electron chi connectivity index (χ0n) is 76.7. The first-order valence-corrected chi connectivity index (χ1v) is 59.0. The molecule has 2 aliphatic carbocycles. The summed E-state index contributed by atoms with van der Waals surface area (Å²) >= 11 is 21.0. The van der Waals surface area contributed by atoms with Crippen molar-refractivity contribution in [1.29, 1.82) is 0 Å². The van der Waals surface area contributed by atoms with Gasteiger partial charge in [-0.3, -0.25) is 19.9 Å². The van der Waals surface area contributed by atoms with Crippen molar-refractivity contribution in [3.8, 4) is 55.6 Å². The van der Waals surface area contributed by atoms with Gasteiger partial charge in [-0.1, -0.05) is 12.2 Å². The maximum absolute atomic E-state index is 13.9. The Morgan fingerprint density at radius 2 is 0.658 bits per heavy atom. The van der Waals surface area contributed by atoms with Crippen molar-refractivity contribution >= 4 is 275 Å². The molecular weight excluding hydrogens is 2370 g/mol. The molecule has 0 bridgehead atoms. The molecule has 0 radical (unpaired) electrons. The Bertz CT molecular complexity index is 8900. The molecule has 0 saturated carbocycles. The third-order valence-electron chi connectivity index (χ3n) is 25.8. The molecule has 5 fully saturated rings. The molecule has 5 aliphatic heterocycles. The number of nitrogens with two attached hydrogens (primary N) is 5. The lowest BCUT2D eigenvalue weighted by Gasteiger charge is -2.28. The lowest BCUT2D eigenvalue weighted by molar-refractivity contribution is 0.584. The number of nitrogens with zero attached hydrogens (tertiary/aromatic N) is 28. The predicted octanol–water partition coefficient (Wildman–Crippen LogP) is 10.8. The number of anilines is 10. The fourth-order valence-electron chi connectivity index (χ4n) is 17.7. The number of fused-ring (bicyclic) bond motifs is 10. The van der Waals surface area contributed by atoms with Gasteiger partial charge in [0.25, 0.3) is 0 Å². The van der Waals surface area contributed by atoms with Gasteiger partial charge in [-0.15, -0.1) is 0 Å². The molecule has 43 nitrogen and oxygen atoms in total. The van der Waals surface area contributed by atoms with Gasteiger partial charge in [-0.25, -0.2) is 91.3 Å². The molecule has 0 unspecified atom stereocenters. The quantitative estimate of drug-likeness (QED) is 0.0849. The molecule has 146 heavy (non-hydrogen) atoms. The number of hydrogen-bond donors (Lipinski definition) is 5. The molecule has 17 aromatic heterocycles. The van der Waals surface area contributed by atoms with E-state index in [0.717, 1.165) is 101 Å². The number of benzene rings is 1. The van der Waals surface area contributed by atoms with Crippen molar-refractivity contribution in [3.05, 3.63) is 204 Å². The number of sulfone groups is 5. The van der Waals surface area contributed by atoms with E-state index in [-0.39, 0.29) is 63.3 Å². The van der Waals surface area contributed by atoms with Crippen LogP contribution >= 0.6 is 95.6 Å². The van der Waals surface area contributed by atoms with E-state index in [1.165, 1.54) is 16.1 Å². The first-order valence-electron chi connectivity index (χ1n) is 45.1. The van der Waals surface area contributed by atoms with Crippen LogP contribution in [0.15, 0.2) is 170 Å². The first-order chi connectivity index (χ1) is 69.9. The van der Waals surface area contributed by atoms with Crippen molar-refractivity contribution in [3.63, 3.8) is 0 Å². The van der Waals surface area contributed by atoms with Crippen LogP contribution in [0.3, 0.4) is 0 Å². The van der Waals surface area contributed by atoms with Gasteiger partial charge in [0.15, 0.2) is 88.7 Å². The van der Waals surface area contributed by atoms with Gasteiger partial charge >= 0.3 is 0 Å². The second kappa shape index (κ2) is 39.1. The highest BCUT2D eigenvalue weighted by atomic mass is 79.9. The fraction of sp³-hybridized carbons (Fsp3) is 0.253. The number of hydrogen-bond acceptors (Lipinski definition) is 38. The number of aromatic nitrogens is 23. The smallest absolute Gasteiger partial charge is 0.178 e. The third-order valence-corrected chi connectivity index (χ3v) is 38.4. The number of rotatable bonds is 10. The minimum atomic E-state index is -3.03. The summed E-state index contributed by atoms with van der Waals surface area (Å²) in [5.41, 5.74) is 49.8. The number of aryl methyl sites for hydroxylation is 1. The third kappa shape index (κ3) is 19.4. The molecule has 55 heteroatoms. The van der Waals surface area contributed by atoms with Crippen LogP contribution in [0.5, 0.6) is 0 Å². The summed E-state index contributed by atoms with van der Waals surface area (Å²) < 4.78 is 144. The highest BCUT2D eigenvalue weighted by Gasteiger charge is 2.35. The standard InChI is InChI=1S/C20H18BrFN6O2S.C18H16Br2N6O2S.C18H16BrN7O2S.C18H17BrN6O2S.C17H15BrN8O2S/c1-11-6-12-7-13(9-24-16(12)8-15(11)22)14-10-25-28-18(23)17(21)20(26-19(14)28)27-2-4-31(29,30)5-3-27;19-13-2-1-10-7-11(8-22-15(10)13)12-9-23-26-16(21)14(20)18(24-17(12)26)25-3-5-29(27,28)6-4-25;19-14-15(20)26-17(24-18(14)25-4-6-29(27,28)7-5-25)13(10-23-26)12-8-11-2-1-3-21-16(11)22-9-12;19-15-16(20)25-17(23-18(15)24-4-6-28(26,27)7-5-24)13(10-22-25)12-8-11-2-1-3-14(11)21-9-12;18-13-14(19)26-16(24-17(13)25-3-5-29(27,28)6-4-25)11(9-23-26)10-7-12-15(22-8-10)21-2-1-20-12/h6-10H,2-5,23H2,1H3;2,7-9H,1,3-6,21H2;1-3,8-10H,4-7,20H2;1,3,8-10H,2,4-7,20H2;1-2,7-9H,3-6,19H2. The Kier molecular flexibility index (Phi) is 26.5. The molecule has 22 heterocycles. The van der Waals surface area contributed by atoms with Crippen LogP contribution in [0.1, 0.15) is 28.1 Å². The fourth-order valence-corrected chi connectivity index (χ4v) is 26.8. The molecule has 7 aliphatic rings. The average molecular weight is 2460 g/mol. The van der Waals surface area contributed by atoms with Crippen LogP contribution in [0, 0.1) is 12.7 Å². The van der Waals surface area contributed by atoms with Crippen molar-refractivity contribution in [2.45, 2.75) is 19.8 Å². The van der Waals surface area contributed by atoms with E-state index >= 15 is 0 Å². The molecule has 0 spiro atoms. The van der Waals surface area contributed by atoms with Gasteiger partial charge in [0.05, 0.1) is 105 Å². The Labute approximate surface area is 881 Å². The normalized spacial score (nSPS) is 17.1. The molecule has 0 atom stereocenters. The van der Waals surface area contributed by atoms with Crippen molar-refractivity contribution in [1.82, 2.24) is 113 Å². The van der Waals surface area contributed by atoms with Gasteiger partial charge in [-0.2, -0.15) is 48.1 Å². The minimum absolute atomic E-state index is 0.0723. The van der Waals surface area contributed by atoms with E-state index in [0.29, 0.717) is 202 Å². The van der Waals surface area contributed by atoms with Gasteiger partial charge in [0, 0.05) is 192 Å². The number of allylic oxidation sites excluding steroid dienone is 2. The number of halogens is 7. The number of nitrogen functional groups attached to an aromatic ring is 5. The molecule has 25 rings (SSSR count). The Morgan fingerprint density at radius 1 is 0.329 bits per heavy atom. The predicted molar refractivity (Wildman–Crippen MR) is 580 cm³/mol. The molecule has 1 aromatic carbocycles. The molecule has 18 aromatic rings. The van der Waals surface area contributed by atoms with Crippen LogP contribution in [-0.4, -0.2) is 278 Å². The summed E-state index contributed by atoms with van der Waals surface area (Å²) in [5, 5.41) is 23.7. The highest BCUT2D eigenvalue weighted by molar-refractivity contribution is 9.15. The van der Waals surface area contributed by atoms with Crippen molar-refractivity contribution in [2.24, 2.45) is 0 Å². The van der Waals surface area contributed by atoms with E-state index in [9.17, 15) is 46.5 Å². The largest absolute Gasteiger partial charge is 0.383 e. The zero-order chi connectivity index (χ0) is 102. The maximum Gasteiger partial charge on any atom is 0.178 e. The monoisotopic (exact) mass is 2450 g/mol. The van der Waals surface area contributed by atoms with Crippen molar-refractivity contribution < 1.29 is 46.5 Å². The summed E-state index contributed by atoms with van der Waals surface area (Å²) in [6.07, 6.45) is 30.0. The second-order valence-corrected chi connectivity index (χ2v) is 51.5. The lowest BCUT2D eigenvalue weighted by atomic mass is 10.1. The molecule has 0 amide bonds. The Balaban J connectivity index is 0.000000107. The molecule has 10 N–H and O–H groups in total. The average Bonchev–Trinajstić information content (AvgIpc) is 1.60. The Hall–Kier alpha value is -12.9. The summed E-state index contributed by atoms with van der Waals surface area (Å²) in [7, 11) is -15.0. The van der Waals surface area contributed by atoms with Crippen molar-refractivity contribution in [2.75, 3.05) is 176 Å². The van der Waals surface area contributed by atoms with Crippen LogP contribution < -0.4 is 53.2 Å². The van der Waals surface area contributed by atoms with Crippen LogP contribution in [0.25, 0.3) is 128 Å². The first kappa shape index (κ1) is 99.1. The zero-order valence-corrected chi connectivity index (χ0v) is 90.3. The minimum Gasteiger partial charge on any atom is -0.383 e. The van der Waals surface area contributed by atoms with E-state index in [1.807, 2.05) is 73.3 Å². The van der Waals surface area contributed by atoms with Crippen LogP contribution in [0.2, 0.25) is 0 Å². The van der Waals surface area contributed by atoms with Gasteiger partial charge in [0.2, 0.25) is 0 Å². The van der Waals surface area contributed by atoms with E-state index in [4.69, 9.17) is 53.6 Å². The summed E-state index contributed by atoms with van der Waals surface area (Å²) in [6, 6.07) is 17.0. The lowest BCUT2D eigenvalue weighted by Crippen LogP contribution is -2.41. The van der Waals surface area contributed by atoms with Crippen LogP contribution in [-0.2, 0) is 62.0 Å². The topological polar surface area (TPSA) is 571 Å². The van der Waals surface area contributed by atoms with E-state index < -0.39 is 49.2 Å². The molecule has 750 valence electrons. The molecular formula is C91H82Br6FN33O10S5. The second-order valence-electron chi connectivity index (χ2n) is 35.1. The van der Waals surface area contributed by atoms with Gasteiger partial charge < -0.3 is 53.2 Å². The number of pyridine rings is 6. The van der Waals surface area contributed by atoms with Gasteiger partial charge in [-0.05, 0) is 187 Å². The highest BCUT2D eigenvalue weighted by Crippen LogP contribution is 2.44. The molecule has 5 saturated heterocycles. The maximum atomic E-state index is 13.9. The summed E-state index contributed by atoms with van der Waals surface area (Å²) in [4.78, 5) is 68.6. The van der Waals surface area contributed by atoms with E-state index in [2.05, 4.69) is 185 Å².